The normalized spacial score (nSPS) is 23.3. The number of hydrogen-bond donors (Lipinski definition) is 1. The van der Waals surface area contributed by atoms with Crippen molar-refractivity contribution in [3.63, 3.8) is 0 Å². The van der Waals surface area contributed by atoms with Crippen molar-refractivity contribution in [2.45, 2.75) is 12.5 Å². The molecule has 1 fully saturated rings. The maximum atomic E-state index is 13.6. The Kier molecular flexibility index (Phi) is 4.32. The Hall–Kier alpha value is -0.970. The quantitative estimate of drug-likeness (QED) is 0.908. The SMILES string of the molecule is CNC1COCC1C(=O)Cc1ccc(Cl)cc1F. The highest BCUT2D eigenvalue weighted by atomic mass is 35.5. The molecule has 0 spiro atoms. The number of benzene rings is 1. The highest BCUT2D eigenvalue weighted by molar-refractivity contribution is 6.30. The summed E-state index contributed by atoms with van der Waals surface area (Å²) in [5.41, 5.74) is 0.381. The number of carbonyl (C=O) groups is 1. The van der Waals surface area contributed by atoms with E-state index in [4.69, 9.17) is 16.3 Å². The Morgan fingerprint density at radius 3 is 3.00 bits per heavy atom. The van der Waals surface area contributed by atoms with Gasteiger partial charge in [-0.1, -0.05) is 17.7 Å². The Labute approximate surface area is 110 Å². The second kappa shape index (κ2) is 5.78. The van der Waals surface area contributed by atoms with Crippen molar-refractivity contribution < 1.29 is 13.9 Å². The van der Waals surface area contributed by atoms with E-state index in [2.05, 4.69) is 5.32 Å². The fourth-order valence-electron chi connectivity index (χ4n) is 2.14. The van der Waals surface area contributed by atoms with Crippen LogP contribution in [-0.4, -0.2) is 32.1 Å². The second-order valence-electron chi connectivity index (χ2n) is 4.42. The number of rotatable bonds is 4. The minimum Gasteiger partial charge on any atom is -0.379 e. The molecule has 0 aliphatic carbocycles. The van der Waals surface area contributed by atoms with Crippen LogP contribution in [0.3, 0.4) is 0 Å². The zero-order valence-corrected chi connectivity index (χ0v) is 10.8. The lowest BCUT2D eigenvalue weighted by molar-refractivity contribution is -0.122. The van der Waals surface area contributed by atoms with Crippen LogP contribution in [0.5, 0.6) is 0 Å². The summed E-state index contributed by atoms with van der Waals surface area (Å²) < 4.78 is 18.9. The van der Waals surface area contributed by atoms with Crippen molar-refractivity contribution in [3.8, 4) is 0 Å². The fraction of sp³-hybridized carbons (Fsp3) is 0.462. The molecule has 0 amide bonds. The summed E-state index contributed by atoms with van der Waals surface area (Å²) in [6, 6.07) is 4.39. The summed E-state index contributed by atoms with van der Waals surface area (Å²) in [6.45, 7) is 0.926. The second-order valence-corrected chi connectivity index (χ2v) is 4.85. The van der Waals surface area contributed by atoms with Crippen LogP contribution < -0.4 is 5.32 Å². The van der Waals surface area contributed by atoms with Gasteiger partial charge in [-0.15, -0.1) is 0 Å². The van der Waals surface area contributed by atoms with Crippen molar-refractivity contribution in [2.24, 2.45) is 5.92 Å². The van der Waals surface area contributed by atoms with Gasteiger partial charge in [-0.25, -0.2) is 4.39 Å². The van der Waals surface area contributed by atoms with Crippen LogP contribution >= 0.6 is 11.6 Å². The average molecular weight is 272 g/mol. The maximum Gasteiger partial charge on any atom is 0.144 e. The summed E-state index contributed by atoms with van der Waals surface area (Å²) in [5.74, 6) is -0.645. The molecule has 0 radical (unpaired) electrons. The molecule has 5 heteroatoms. The third-order valence-corrected chi connectivity index (χ3v) is 3.48. The van der Waals surface area contributed by atoms with Gasteiger partial charge in [-0.05, 0) is 24.7 Å². The Morgan fingerprint density at radius 2 is 2.33 bits per heavy atom. The Bertz CT molecular complexity index is 453. The third kappa shape index (κ3) is 2.88. The zero-order valence-electron chi connectivity index (χ0n) is 10.1. The van der Waals surface area contributed by atoms with Crippen molar-refractivity contribution in [1.29, 1.82) is 0 Å². The van der Waals surface area contributed by atoms with Crippen molar-refractivity contribution in [2.75, 3.05) is 20.3 Å². The van der Waals surface area contributed by atoms with Gasteiger partial charge in [0.1, 0.15) is 11.6 Å². The zero-order chi connectivity index (χ0) is 13.1. The first-order valence-electron chi connectivity index (χ1n) is 5.83. The molecule has 1 aromatic rings. The number of nitrogens with one attached hydrogen (secondary N) is 1. The standard InChI is InChI=1S/C13H15ClFNO2/c1-16-12-7-18-6-10(12)13(17)4-8-2-3-9(14)5-11(8)15/h2-3,5,10,12,16H,4,6-7H2,1H3. The molecule has 1 N–H and O–H groups in total. The maximum absolute atomic E-state index is 13.6. The summed E-state index contributed by atoms with van der Waals surface area (Å²) >= 11 is 5.67. The predicted octanol–water partition coefficient (Wildman–Crippen LogP) is 1.83. The van der Waals surface area contributed by atoms with Gasteiger partial charge in [0.15, 0.2) is 0 Å². The van der Waals surface area contributed by atoms with E-state index < -0.39 is 5.82 Å². The van der Waals surface area contributed by atoms with E-state index in [9.17, 15) is 9.18 Å². The lowest BCUT2D eigenvalue weighted by Gasteiger charge is -2.15. The Balaban J connectivity index is 2.07. The van der Waals surface area contributed by atoms with E-state index in [0.29, 0.717) is 23.8 Å². The minimum atomic E-state index is -0.434. The van der Waals surface area contributed by atoms with Crippen LogP contribution in [0.4, 0.5) is 4.39 Å². The fourth-order valence-corrected chi connectivity index (χ4v) is 2.30. The van der Waals surface area contributed by atoms with Crippen LogP contribution in [0.15, 0.2) is 18.2 Å². The van der Waals surface area contributed by atoms with E-state index in [0.717, 1.165) is 0 Å². The largest absolute Gasteiger partial charge is 0.379 e. The first-order valence-corrected chi connectivity index (χ1v) is 6.21. The first-order chi connectivity index (χ1) is 8.61. The lowest BCUT2D eigenvalue weighted by atomic mass is 9.93. The first kappa shape index (κ1) is 13.5. The average Bonchev–Trinajstić information content (AvgIpc) is 2.81. The van der Waals surface area contributed by atoms with Gasteiger partial charge < -0.3 is 10.1 Å². The molecule has 18 heavy (non-hydrogen) atoms. The van der Waals surface area contributed by atoms with E-state index in [1.54, 1.807) is 19.2 Å². The highest BCUT2D eigenvalue weighted by Gasteiger charge is 2.32. The predicted molar refractivity (Wildman–Crippen MR) is 67.3 cm³/mol. The van der Waals surface area contributed by atoms with Gasteiger partial charge in [-0.3, -0.25) is 4.79 Å². The van der Waals surface area contributed by atoms with Crippen LogP contribution in [0.1, 0.15) is 5.56 Å². The van der Waals surface area contributed by atoms with Gasteiger partial charge in [0, 0.05) is 17.5 Å². The van der Waals surface area contributed by atoms with Crippen molar-refractivity contribution in [1.82, 2.24) is 5.32 Å². The molecule has 1 aromatic carbocycles. The topological polar surface area (TPSA) is 38.3 Å². The molecular formula is C13H15ClFNO2. The molecule has 2 atom stereocenters. The molecule has 2 rings (SSSR count). The van der Waals surface area contributed by atoms with E-state index in [1.165, 1.54) is 6.07 Å². The van der Waals surface area contributed by atoms with Crippen LogP contribution in [0.25, 0.3) is 0 Å². The van der Waals surface area contributed by atoms with Gasteiger partial charge in [-0.2, -0.15) is 0 Å². The molecule has 1 aliphatic rings. The number of hydrogen-bond acceptors (Lipinski definition) is 3. The summed E-state index contributed by atoms with van der Waals surface area (Å²) in [5, 5.41) is 3.38. The molecule has 1 heterocycles. The number of Topliss-reactive ketones (excluding diaryl/α,β-unsaturated/α-hetero) is 1. The smallest absolute Gasteiger partial charge is 0.144 e. The van der Waals surface area contributed by atoms with Gasteiger partial charge >= 0.3 is 0 Å². The number of ether oxygens (including phenoxy) is 1. The molecule has 0 aromatic heterocycles. The number of likely N-dealkylation sites (N-methyl/N-ethyl adjacent to an activating group) is 1. The van der Waals surface area contributed by atoms with Crippen LogP contribution in [0, 0.1) is 11.7 Å². The molecule has 1 aliphatic heterocycles. The summed E-state index contributed by atoms with van der Waals surface area (Å²) in [6.07, 6.45) is 0.0786. The van der Waals surface area contributed by atoms with Crippen LogP contribution in [0.2, 0.25) is 5.02 Å². The number of halogens is 2. The molecule has 98 valence electrons. The van der Waals surface area contributed by atoms with Gasteiger partial charge in [0.2, 0.25) is 0 Å². The van der Waals surface area contributed by atoms with E-state index >= 15 is 0 Å². The summed E-state index contributed by atoms with van der Waals surface area (Å²) in [7, 11) is 1.79. The van der Waals surface area contributed by atoms with Crippen molar-refractivity contribution in [3.05, 3.63) is 34.6 Å². The third-order valence-electron chi connectivity index (χ3n) is 3.24. The molecule has 1 saturated heterocycles. The lowest BCUT2D eigenvalue weighted by Crippen LogP contribution is -2.37. The molecule has 0 saturated carbocycles. The van der Waals surface area contributed by atoms with E-state index in [-0.39, 0.29) is 24.2 Å². The van der Waals surface area contributed by atoms with E-state index in [1.807, 2.05) is 0 Å². The Morgan fingerprint density at radius 1 is 1.56 bits per heavy atom. The molecule has 2 unspecified atom stereocenters. The van der Waals surface area contributed by atoms with Crippen molar-refractivity contribution >= 4 is 17.4 Å². The highest BCUT2D eigenvalue weighted by Crippen LogP contribution is 2.20. The minimum absolute atomic E-state index is 0.00641. The van der Waals surface area contributed by atoms with Gasteiger partial charge in [0.05, 0.1) is 19.1 Å². The number of carbonyl (C=O) groups excluding carboxylic acids is 1. The molecular weight excluding hydrogens is 257 g/mol. The monoisotopic (exact) mass is 271 g/mol. The summed E-state index contributed by atoms with van der Waals surface area (Å²) in [4.78, 5) is 12.1. The molecule has 3 nitrogen and oxygen atoms in total. The number of ketones is 1. The van der Waals surface area contributed by atoms with Gasteiger partial charge in [0.25, 0.3) is 0 Å². The molecule has 0 bridgehead atoms. The van der Waals surface area contributed by atoms with Crippen LogP contribution in [-0.2, 0) is 16.0 Å².